The Balaban J connectivity index is 1.78. The Morgan fingerprint density at radius 3 is 3.00 bits per heavy atom. The van der Waals surface area contributed by atoms with Crippen molar-refractivity contribution >= 4 is 5.69 Å². The summed E-state index contributed by atoms with van der Waals surface area (Å²) in [5, 5.41) is 14.2. The summed E-state index contributed by atoms with van der Waals surface area (Å²) in [5.74, 6) is 1.01. The number of ether oxygens (including phenoxy) is 1. The lowest BCUT2D eigenvalue weighted by Gasteiger charge is -2.65. The molecular formula is C20H28N2O2. The van der Waals surface area contributed by atoms with Crippen LogP contribution in [0, 0.1) is 5.41 Å². The number of benzene rings is 1. The van der Waals surface area contributed by atoms with Gasteiger partial charge in [-0.1, -0.05) is 19.8 Å². The molecule has 0 radical (unpaired) electrons. The molecule has 0 spiro atoms. The molecule has 3 unspecified atom stereocenters. The van der Waals surface area contributed by atoms with Crippen molar-refractivity contribution in [1.82, 2.24) is 4.90 Å². The van der Waals surface area contributed by atoms with Crippen molar-refractivity contribution in [3.8, 4) is 11.5 Å². The van der Waals surface area contributed by atoms with E-state index < -0.39 is 0 Å². The van der Waals surface area contributed by atoms with Crippen LogP contribution in [0.4, 0.5) is 5.69 Å². The van der Waals surface area contributed by atoms with Gasteiger partial charge in [-0.05, 0) is 61.9 Å². The zero-order valence-electron chi connectivity index (χ0n) is 14.8. The zero-order valence-corrected chi connectivity index (χ0v) is 14.8. The predicted octanol–water partition coefficient (Wildman–Crippen LogP) is 3.27. The van der Waals surface area contributed by atoms with Gasteiger partial charge in [-0.15, -0.1) is 0 Å². The summed E-state index contributed by atoms with van der Waals surface area (Å²) in [6.07, 6.45) is 7.51. The minimum atomic E-state index is 0.224. The van der Waals surface area contributed by atoms with Crippen LogP contribution in [0.3, 0.4) is 0 Å². The Morgan fingerprint density at radius 2 is 2.12 bits per heavy atom. The van der Waals surface area contributed by atoms with Crippen molar-refractivity contribution in [1.29, 1.82) is 0 Å². The number of phenols is 1. The van der Waals surface area contributed by atoms with Crippen LogP contribution in [0.2, 0.25) is 0 Å². The molecule has 1 aromatic carbocycles. The Morgan fingerprint density at radius 1 is 1.29 bits per heavy atom. The fourth-order valence-corrected chi connectivity index (χ4v) is 6.49. The SMILES string of the molecule is CN1CCC23CCCCC2(C)C1Cc1c3cc(O)c2c1NCCO2. The highest BCUT2D eigenvalue weighted by molar-refractivity contribution is 5.73. The number of fused-ring (bicyclic) bond motifs is 3. The normalized spacial score (nSPS) is 37.5. The molecule has 130 valence electrons. The lowest BCUT2D eigenvalue weighted by Crippen LogP contribution is -2.66. The van der Waals surface area contributed by atoms with Gasteiger partial charge in [0.15, 0.2) is 11.5 Å². The number of nitrogens with one attached hydrogen (secondary N) is 1. The molecule has 1 saturated carbocycles. The Labute approximate surface area is 144 Å². The van der Waals surface area contributed by atoms with Gasteiger partial charge in [0.1, 0.15) is 6.61 Å². The number of aromatic hydroxyl groups is 1. The van der Waals surface area contributed by atoms with Gasteiger partial charge in [0, 0.05) is 18.0 Å². The third-order valence-electron chi connectivity index (χ3n) is 7.73. The van der Waals surface area contributed by atoms with E-state index in [4.69, 9.17) is 4.74 Å². The van der Waals surface area contributed by atoms with E-state index in [1.54, 1.807) is 0 Å². The summed E-state index contributed by atoms with van der Waals surface area (Å²) < 4.78 is 5.80. The van der Waals surface area contributed by atoms with Crippen LogP contribution in [-0.4, -0.2) is 42.8 Å². The lowest BCUT2D eigenvalue weighted by molar-refractivity contribution is -0.0735. The third-order valence-corrected chi connectivity index (χ3v) is 7.73. The summed E-state index contributed by atoms with van der Waals surface area (Å²) in [6.45, 7) is 5.15. The number of hydrogen-bond acceptors (Lipinski definition) is 4. The Bertz CT molecular complexity index is 703. The topological polar surface area (TPSA) is 44.7 Å². The van der Waals surface area contributed by atoms with Crippen LogP contribution in [0.25, 0.3) is 0 Å². The smallest absolute Gasteiger partial charge is 0.184 e. The van der Waals surface area contributed by atoms with Crippen molar-refractivity contribution < 1.29 is 9.84 Å². The maximum atomic E-state index is 10.7. The Hall–Kier alpha value is -1.42. The first-order valence-corrected chi connectivity index (χ1v) is 9.53. The van der Waals surface area contributed by atoms with Crippen molar-refractivity contribution in [2.75, 3.05) is 32.1 Å². The zero-order chi connectivity index (χ0) is 16.5. The number of phenolic OH excluding ortho intramolecular Hbond substituents is 1. The number of likely N-dealkylation sites (N-methyl/N-ethyl adjacent to an activating group) is 1. The van der Waals surface area contributed by atoms with Crippen LogP contribution in [-0.2, 0) is 11.8 Å². The standard InChI is InChI=1S/C20H28N2O2/c1-19-5-3-4-6-20(19)7-9-22(2)16(19)11-13-14(20)12-15(23)18-17(13)21-8-10-24-18/h12,16,21,23H,3-11H2,1-2H3. The fraction of sp³-hybridized carbons (Fsp3) is 0.700. The number of piperidine rings is 1. The van der Waals surface area contributed by atoms with Crippen LogP contribution in [0.5, 0.6) is 11.5 Å². The first-order valence-electron chi connectivity index (χ1n) is 9.53. The van der Waals surface area contributed by atoms with Gasteiger partial charge in [-0.25, -0.2) is 0 Å². The quantitative estimate of drug-likeness (QED) is 0.767. The molecule has 5 rings (SSSR count). The fourth-order valence-electron chi connectivity index (χ4n) is 6.49. The highest BCUT2D eigenvalue weighted by atomic mass is 16.5. The van der Waals surface area contributed by atoms with E-state index in [0.717, 1.165) is 18.7 Å². The molecule has 3 atom stereocenters. The molecular weight excluding hydrogens is 300 g/mol. The second kappa shape index (κ2) is 4.81. The van der Waals surface area contributed by atoms with Gasteiger partial charge in [-0.2, -0.15) is 0 Å². The first-order chi connectivity index (χ1) is 11.6. The molecule has 0 amide bonds. The minimum Gasteiger partial charge on any atom is -0.504 e. The monoisotopic (exact) mass is 328 g/mol. The maximum Gasteiger partial charge on any atom is 0.184 e. The van der Waals surface area contributed by atoms with E-state index in [0.29, 0.717) is 29.6 Å². The number of hydrogen-bond donors (Lipinski definition) is 2. The molecule has 4 heteroatoms. The summed E-state index contributed by atoms with van der Waals surface area (Å²) in [4.78, 5) is 2.59. The lowest BCUT2D eigenvalue weighted by atomic mass is 9.44. The molecule has 2 aliphatic carbocycles. The average molecular weight is 328 g/mol. The van der Waals surface area contributed by atoms with Gasteiger partial charge in [0.2, 0.25) is 0 Å². The number of nitrogens with zero attached hydrogens (tertiary/aromatic N) is 1. The van der Waals surface area contributed by atoms with Gasteiger partial charge in [0.05, 0.1) is 5.69 Å². The van der Waals surface area contributed by atoms with E-state index >= 15 is 0 Å². The minimum absolute atomic E-state index is 0.224. The van der Waals surface area contributed by atoms with Crippen molar-refractivity contribution in [2.45, 2.75) is 56.9 Å². The van der Waals surface area contributed by atoms with Gasteiger partial charge in [-0.3, -0.25) is 0 Å². The summed E-state index contributed by atoms with van der Waals surface area (Å²) in [5.41, 5.74) is 4.45. The van der Waals surface area contributed by atoms with E-state index in [1.165, 1.54) is 49.8 Å². The second-order valence-electron chi connectivity index (χ2n) is 8.56. The predicted molar refractivity (Wildman–Crippen MR) is 95.1 cm³/mol. The van der Waals surface area contributed by atoms with E-state index in [1.807, 2.05) is 0 Å². The van der Waals surface area contributed by atoms with Gasteiger partial charge in [0.25, 0.3) is 0 Å². The van der Waals surface area contributed by atoms with Crippen molar-refractivity contribution in [3.05, 3.63) is 17.2 Å². The highest BCUT2D eigenvalue weighted by Crippen LogP contribution is 2.64. The Kier molecular flexibility index (Phi) is 2.98. The largest absolute Gasteiger partial charge is 0.504 e. The second-order valence-corrected chi connectivity index (χ2v) is 8.56. The number of anilines is 1. The van der Waals surface area contributed by atoms with Crippen molar-refractivity contribution in [2.24, 2.45) is 5.41 Å². The van der Waals surface area contributed by atoms with Crippen LogP contribution >= 0.6 is 0 Å². The molecule has 2 aliphatic heterocycles. The van der Waals surface area contributed by atoms with E-state index in [9.17, 15) is 5.11 Å². The molecule has 2 N–H and O–H groups in total. The molecule has 2 bridgehead atoms. The van der Waals surface area contributed by atoms with Gasteiger partial charge >= 0.3 is 0 Å². The molecule has 2 fully saturated rings. The molecule has 2 heterocycles. The third kappa shape index (κ3) is 1.63. The summed E-state index contributed by atoms with van der Waals surface area (Å²) >= 11 is 0. The number of rotatable bonds is 0. The van der Waals surface area contributed by atoms with Crippen molar-refractivity contribution in [3.63, 3.8) is 0 Å². The molecule has 1 aromatic rings. The first kappa shape index (κ1) is 14.9. The van der Waals surface area contributed by atoms with E-state index in [2.05, 4.69) is 30.3 Å². The molecule has 24 heavy (non-hydrogen) atoms. The molecule has 4 nitrogen and oxygen atoms in total. The highest BCUT2D eigenvalue weighted by Gasteiger charge is 2.61. The number of likely N-dealkylation sites (tertiary alicyclic amines) is 1. The molecule has 4 aliphatic rings. The van der Waals surface area contributed by atoms with E-state index in [-0.39, 0.29) is 5.41 Å². The molecule has 0 aromatic heterocycles. The van der Waals surface area contributed by atoms with Crippen LogP contribution in [0.1, 0.15) is 50.2 Å². The molecule has 1 saturated heterocycles. The summed E-state index contributed by atoms with van der Waals surface area (Å²) in [6, 6.07) is 2.66. The van der Waals surface area contributed by atoms with Gasteiger partial charge < -0.3 is 20.1 Å². The van der Waals surface area contributed by atoms with Crippen LogP contribution in [0.15, 0.2) is 6.07 Å². The average Bonchev–Trinajstić information content (AvgIpc) is 2.59. The maximum absolute atomic E-state index is 10.7. The summed E-state index contributed by atoms with van der Waals surface area (Å²) in [7, 11) is 2.30. The van der Waals surface area contributed by atoms with Crippen LogP contribution < -0.4 is 10.1 Å².